The van der Waals surface area contributed by atoms with Gasteiger partial charge < -0.3 is 4.74 Å². The Morgan fingerprint density at radius 1 is 1.40 bits per heavy atom. The quantitative estimate of drug-likeness (QED) is 0.580. The summed E-state index contributed by atoms with van der Waals surface area (Å²) in [5.74, 6) is 0. The highest BCUT2D eigenvalue weighted by Gasteiger charge is 2.22. The summed E-state index contributed by atoms with van der Waals surface area (Å²) in [6.45, 7) is 6.54. The molecule has 0 aromatic rings. The molecule has 1 aliphatic rings. The van der Waals surface area contributed by atoms with Gasteiger partial charge in [0.1, 0.15) is 5.60 Å². The number of carbonyl (C=O) groups is 1. The Balaban J connectivity index is 2.47. The highest BCUT2D eigenvalue weighted by atomic mass is 16.7. The van der Waals surface area contributed by atoms with Crippen LogP contribution in [0.2, 0.25) is 0 Å². The molecule has 0 spiro atoms. The average Bonchev–Trinajstić information content (AvgIpc) is 1.98. The number of hydroxylamine groups is 2. The molecule has 1 aliphatic heterocycles. The molecule has 0 saturated carbocycles. The van der Waals surface area contributed by atoms with Crippen LogP contribution in [0.1, 0.15) is 33.6 Å². The smallest absolute Gasteiger partial charge is 0.434 e. The van der Waals surface area contributed by atoms with Crippen molar-refractivity contribution in [1.29, 1.82) is 0 Å². The molecule has 0 saturated heterocycles. The second-order valence-electron chi connectivity index (χ2n) is 4.49. The largest absolute Gasteiger partial charge is 0.442 e. The molecule has 1 heterocycles. The van der Waals surface area contributed by atoms with E-state index < -0.39 is 11.7 Å². The number of carbonyl (C=O) groups excluding carboxylic acids is 1. The van der Waals surface area contributed by atoms with Gasteiger partial charge in [0.05, 0.1) is 13.2 Å². The van der Waals surface area contributed by atoms with Crippen molar-refractivity contribution in [3.8, 4) is 0 Å². The first-order valence-electron chi connectivity index (χ1n) is 5.27. The molecule has 0 aromatic heterocycles. The lowest BCUT2D eigenvalue weighted by Crippen LogP contribution is -2.37. The Morgan fingerprint density at radius 3 is 2.80 bits per heavy atom. The number of allylic oxidation sites excluding steroid dienone is 1. The van der Waals surface area contributed by atoms with Crippen molar-refractivity contribution in [2.75, 3.05) is 13.2 Å². The van der Waals surface area contributed by atoms with Gasteiger partial charge in [0.2, 0.25) is 0 Å². The van der Waals surface area contributed by atoms with Gasteiger partial charge in [-0.1, -0.05) is 12.2 Å². The van der Waals surface area contributed by atoms with Gasteiger partial charge >= 0.3 is 6.09 Å². The third-order valence-electron chi connectivity index (χ3n) is 1.82. The van der Waals surface area contributed by atoms with E-state index >= 15 is 0 Å². The molecule has 0 aliphatic carbocycles. The minimum absolute atomic E-state index is 0.405. The average molecular weight is 213 g/mol. The van der Waals surface area contributed by atoms with Crippen molar-refractivity contribution in [3.05, 3.63) is 12.2 Å². The first-order chi connectivity index (χ1) is 6.99. The summed E-state index contributed by atoms with van der Waals surface area (Å²) in [4.78, 5) is 16.9. The van der Waals surface area contributed by atoms with Crippen molar-refractivity contribution < 1.29 is 14.4 Å². The predicted octanol–water partition coefficient (Wildman–Crippen LogP) is 2.51. The number of rotatable bonds is 0. The summed E-state index contributed by atoms with van der Waals surface area (Å²) in [7, 11) is 0. The van der Waals surface area contributed by atoms with Crippen molar-refractivity contribution in [3.63, 3.8) is 0 Å². The lowest BCUT2D eigenvalue weighted by atomic mass is 10.2. The van der Waals surface area contributed by atoms with Crippen LogP contribution < -0.4 is 0 Å². The van der Waals surface area contributed by atoms with Crippen LogP contribution in [0.25, 0.3) is 0 Å². The van der Waals surface area contributed by atoms with Crippen LogP contribution in [0.3, 0.4) is 0 Å². The van der Waals surface area contributed by atoms with E-state index in [-0.39, 0.29) is 0 Å². The maximum Gasteiger partial charge on any atom is 0.434 e. The van der Waals surface area contributed by atoms with E-state index in [1.54, 1.807) is 0 Å². The number of hydrogen-bond acceptors (Lipinski definition) is 3. The normalized spacial score (nSPS) is 20.3. The van der Waals surface area contributed by atoms with Crippen LogP contribution in [0.4, 0.5) is 4.79 Å². The van der Waals surface area contributed by atoms with E-state index in [0.29, 0.717) is 13.2 Å². The Bertz CT molecular complexity index is 243. The molecule has 0 radical (unpaired) electrons. The number of hydrogen-bond donors (Lipinski definition) is 0. The second-order valence-corrected chi connectivity index (χ2v) is 4.49. The number of nitrogens with zero attached hydrogens (tertiary/aromatic N) is 1. The van der Waals surface area contributed by atoms with Crippen LogP contribution >= 0.6 is 0 Å². The molecule has 15 heavy (non-hydrogen) atoms. The summed E-state index contributed by atoms with van der Waals surface area (Å²) >= 11 is 0. The van der Waals surface area contributed by atoms with Crippen LogP contribution in [0, 0.1) is 0 Å². The fraction of sp³-hybridized carbons (Fsp3) is 0.727. The molecule has 0 aromatic carbocycles. The fourth-order valence-electron chi connectivity index (χ4n) is 1.19. The predicted molar refractivity (Wildman–Crippen MR) is 57.3 cm³/mol. The molecule has 0 unspecified atom stereocenters. The van der Waals surface area contributed by atoms with E-state index in [1.807, 2.05) is 26.8 Å². The lowest BCUT2D eigenvalue weighted by Gasteiger charge is -2.26. The monoisotopic (exact) mass is 213 g/mol. The van der Waals surface area contributed by atoms with Crippen molar-refractivity contribution in [2.45, 2.75) is 39.2 Å². The molecule has 1 rings (SSSR count). The highest BCUT2D eigenvalue weighted by Crippen LogP contribution is 2.11. The van der Waals surface area contributed by atoms with Gasteiger partial charge in [-0.05, 0) is 33.6 Å². The summed E-state index contributed by atoms with van der Waals surface area (Å²) in [5.41, 5.74) is -0.474. The van der Waals surface area contributed by atoms with E-state index in [1.165, 1.54) is 5.06 Å². The molecule has 4 nitrogen and oxygen atoms in total. The third-order valence-corrected chi connectivity index (χ3v) is 1.82. The van der Waals surface area contributed by atoms with Crippen molar-refractivity contribution >= 4 is 6.09 Å². The minimum atomic E-state index is -0.474. The zero-order valence-electron chi connectivity index (χ0n) is 9.66. The maximum atomic E-state index is 11.6. The zero-order chi connectivity index (χ0) is 11.3. The van der Waals surface area contributed by atoms with E-state index in [9.17, 15) is 4.79 Å². The Hall–Kier alpha value is -1.03. The lowest BCUT2D eigenvalue weighted by molar-refractivity contribution is -0.139. The van der Waals surface area contributed by atoms with Gasteiger partial charge in [-0.3, -0.25) is 4.84 Å². The van der Waals surface area contributed by atoms with Crippen LogP contribution in [0.15, 0.2) is 12.2 Å². The molecule has 0 N–H and O–H groups in total. The first-order valence-corrected chi connectivity index (χ1v) is 5.27. The molecule has 4 heteroatoms. The number of amides is 1. The van der Waals surface area contributed by atoms with Crippen LogP contribution in [-0.2, 0) is 9.57 Å². The van der Waals surface area contributed by atoms with E-state index in [4.69, 9.17) is 9.57 Å². The molecular weight excluding hydrogens is 194 g/mol. The van der Waals surface area contributed by atoms with Crippen molar-refractivity contribution in [2.24, 2.45) is 0 Å². The minimum Gasteiger partial charge on any atom is -0.442 e. The standard InChI is InChI=1S/C11H19NO3/c1-11(2,3)15-10(13)12-8-6-4-5-7-9-14-12/h5,7H,4,6,8-9H2,1-3H3/b7-5-. The van der Waals surface area contributed by atoms with Gasteiger partial charge in [-0.15, -0.1) is 0 Å². The van der Waals surface area contributed by atoms with Gasteiger partial charge in [0, 0.05) is 0 Å². The molecule has 1 amide bonds. The van der Waals surface area contributed by atoms with Gasteiger partial charge in [0.25, 0.3) is 0 Å². The van der Waals surface area contributed by atoms with Gasteiger partial charge in [-0.25, -0.2) is 4.79 Å². The van der Waals surface area contributed by atoms with Gasteiger partial charge in [0.15, 0.2) is 0 Å². The van der Waals surface area contributed by atoms with Crippen molar-refractivity contribution in [1.82, 2.24) is 5.06 Å². The van der Waals surface area contributed by atoms with E-state index in [2.05, 4.69) is 6.08 Å². The van der Waals surface area contributed by atoms with Crippen LogP contribution in [-0.4, -0.2) is 29.9 Å². The highest BCUT2D eigenvalue weighted by molar-refractivity contribution is 5.66. The Labute approximate surface area is 90.8 Å². The third kappa shape index (κ3) is 4.83. The SMILES string of the molecule is CC(C)(C)OC(=O)N1CCC/C=C\CO1. The summed E-state index contributed by atoms with van der Waals surface area (Å²) in [6.07, 6.45) is 5.44. The Kier molecular flexibility index (Phi) is 4.15. The summed E-state index contributed by atoms with van der Waals surface area (Å²) in [6, 6.07) is 0. The molecule has 0 fully saturated rings. The molecule has 0 bridgehead atoms. The topological polar surface area (TPSA) is 38.8 Å². The molecule has 0 atom stereocenters. The zero-order valence-corrected chi connectivity index (χ0v) is 9.66. The second kappa shape index (κ2) is 5.16. The maximum absolute atomic E-state index is 11.6. The molecule has 86 valence electrons. The first kappa shape index (κ1) is 12.0. The number of ether oxygens (including phenoxy) is 1. The van der Waals surface area contributed by atoms with Crippen LogP contribution in [0.5, 0.6) is 0 Å². The van der Waals surface area contributed by atoms with E-state index in [0.717, 1.165) is 12.8 Å². The fourth-order valence-corrected chi connectivity index (χ4v) is 1.19. The summed E-state index contributed by atoms with van der Waals surface area (Å²) in [5, 5.41) is 1.30. The van der Waals surface area contributed by atoms with Gasteiger partial charge in [-0.2, -0.15) is 5.06 Å². The Morgan fingerprint density at radius 2 is 2.13 bits per heavy atom. The summed E-state index contributed by atoms with van der Waals surface area (Å²) < 4.78 is 5.21. The molecular formula is C11H19NO3.